The number of pyridine rings is 1. The number of Topliss-reactive ketones (excluding diaryl/α,β-unsaturated/α-hetero) is 1. The lowest BCUT2D eigenvalue weighted by Crippen LogP contribution is -2.51. The van der Waals surface area contributed by atoms with Crippen molar-refractivity contribution in [1.29, 1.82) is 0 Å². The van der Waals surface area contributed by atoms with E-state index in [1.54, 1.807) is 19.2 Å². The Labute approximate surface area is 188 Å². The molecule has 0 bridgehead atoms. The Morgan fingerprint density at radius 1 is 1.13 bits per heavy atom. The van der Waals surface area contributed by atoms with Crippen LogP contribution in [0.3, 0.4) is 0 Å². The molecule has 1 aromatic heterocycles. The molecule has 1 aromatic rings. The molecule has 0 aliphatic carbocycles. The zero-order chi connectivity index (χ0) is 22.7. The van der Waals surface area contributed by atoms with Crippen molar-refractivity contribution in [2.75, 3.05) is 6.61 Å². The molecule has 7 heteroatoms. The van der Waals surface area contributed by atoms with E-state index < -0.39 is 17.9 Å². The molecule has 1 amide bonds. The highest BCUT2D eigenvalue weighted by Gasteiger charge is 2.38. The molecule has 1 heterocycles. The van der Waals surface area contributed by atoms with Crippen LogP contribution in [0.2, 0.25) is 0 Å². The van der Waals surface area contributed by atoms with Gasteiger partial charge < -0.3 is 9.64 Å². The van der Waals surface area contributed by atoms with Gasteiger partial charge in [-0.3, -0.25) is 9.59 Å². The molecular weight excluding hydrogens is 448 g/mol. The Morgan fingerprint density at radius 2 is 1.83 bits per heavy atom. The van der Waals surface area contributed by atoms with Crippen molar-refractivity contribution >= 4 is 33.6 Å². The molecule has 1 rings (SSSR count). The van der Waals surface area contributed by atoms with Crippen LogP contribution in [-0.2, 0) is 25.7 Å². The summed E-state index contributed by atoms with van der Waals surface area (Å²) in [7, 11) is 0. The normalized spacial score (nSPS) is 13.0. The molecule has 30 heavy (non-hydrogen) atoms. The molecule has 0 aliphatic heterocycles. The lowest BCUT2D eigenvalue weighted by molar-refractivity contribution is -0.160. The van der Waals surface area contributed by atoms with Crippen molar-refractivity contribution in [2.24, 2.45) is 11.8 Å². The standard InChI is InChI=1S/C23H35BrN2O4/c1-6-9-11-19(27)18(10-7-2)22(28)26(15-17-12-13-20(24)25-14-17)21(16(4)5)23(29)30-8-3/h12-14,16,18,21H,6-11,15H2,1-5H3/t18?,21-/m0/s1. The number of carbonyl (C=O) groups excluding carboxylic acids is 3. The maximum absolute atomic E-state index is 13.6. The highest BCUT2D eigenvalue weighted by Crippen LogP contribution is 2.23. The Hall–Kier alpha value is -1.76. The Balaban J connectivity index is 3.32. The number of halogens is 1. The number of hydrogen-bond acceptors (Lipinski definition) is 5. The average molecular weight is 483 g/mol. The number of carbonyl (C=O) groups is 3. The summed E-state index contributed by atoms with van der Waals surface area (Å²) >= 11 is 3.31. The number of esters is 1. The third kappa shape index (κ3) is 7.82. The van der Waals surface area contributed by atoms with Gasteiger partial charge >= 0.3 is 5.97 Å². The first-order valence-corrected chi connectivity index (χ1v) is 11.7. The molecule has 0 spiro atoms. The number of ketones is 1. The van der Waals surface area contributed by atoms with Crippen LogP contribution in [0.15, 0.2) is 22.9 Å². The van der Waals surface area contributed by atoms with Gasteiger partial charge in [-0.25, -0.2) is 9.78 Å². The molecule has 0 saturated heterocycles. The van der Waals surface area contributed by atoms with Crippen LogP contribution < -0.4 is 0 Å². The van der Waals surface area contributed by atoms with Gasteiger partial charge in [0.25, 0.3) is 0 Å². The van der Waals surface area contributed by atoms with Crippen LogP contribution in [0.5, 0.6) is 0 Å². The lowest BCUT2D eigenvalue weighted by Gasteiger charge is -2.35. The second kappa shape index (κ2) is 13.5. The van der Waals surface area contributed by atoms with Crippen LogP contribution in [0.4, 0.5) is 0 Å². The molecule has 1 unspecified atom stereocenters. The predicted octanol–water partition coefficient (Wildman–Crippen LogP) is 4.94. The minimum atomic E-state index is -0.764. The number of rotatable bonds is 13. The van der Waals surface area contributed by atoms with E-state index in [1.807, 2.05) is 33.8 Å². The van der Waals surface area contributed by atoms with E-state index in [-0.39, 0.29) is 30.8 Å². The van der Waals surface area contributed by atoms with Crippen LogP contribution in [-0.4, -0.2) is 40.2 Å². The minimum absolute atomic E-state index is 0.0472. The van der Waals surface area contributed by atoms with Gasteiger partial charge in [-0.15, -0.1) is 0 Å². The van der Waals surface area contributed by atoms with Crippen molar-refractivity contribution in [3.05, 3.63) is 28.5 Å². The first kappa shape index (κ1) is 26.3. The molecule has 2 atom stereocenters. The van der Waals surface area contributed by atoms with Gasteiger partial charge in [0.15, 0.2) is 0 Å². The van der Waals surface area contributed by atoms with Crippen molar-refractivity contribution in [3.63, 3.8) is 0 Å². The fourth-order valence-electron chi connectivity index (χ4n) is 3.43. The predicted molar refractivity (Wildman–Crippen MR) is 121 cm³/mol. The van der Waals surface area contributed by atoms with E-state index >= 15 is 0 Å². The smallest absolute Gasteiger partial charge is 0.329 e. The van der Waals surface area contributed by atoms with Crippen molar-refractivity contribution in [1.82, 2.24) is 9.88 Å². The first-order chi connectivity index (χ1) is 14.3. The van der Waals surface area contributed by atoms with Crippen LogP contribution in [0.1, 0.15) is 72.3 Å². The van der Waals surface area contributed by atoms with E-state index in [9.17, 15) is 14.4 Å². The minimum Gasteiger partial charge on any atom is -0.464 e. The highest BCUT2D eigenvalue weighted by molar-refractivity contribution is 9.10. The molecule has 0 aromatic carbocycles. The van der Waals surface area contributed by atoms with E-state index in [2.05, 4.69) is 20.9 Å². The van der Waals surface area contributed by atoms with E-state index in [0.717, 1.165) is 18.4 Å². The number of unbranched alkanes of at least 4 members (excludes halogenated alkanes) is 1. The fraction of sp³-hybridized carbons (Fsp3) is 0.652. The highest BCUT2D eigenvalue weighted by atomic mass is 79.9. The fourth-order valence-corrected chi connectivity index (χ4v) is 3.67. The molecule has 0 fully saturated rings. The van der Waals surface area contributed by atoms with Crippen LogP contribution in [0.25, 0.3) is 0 Å². The Kier molecular flexibility index (Phi) is 11.8. The van der Waals surface area contributed by atoms with E-state index in [0.29, 0.717) is 23.9 Å². The maximum Gasteiger partial charge on any atom is 0.329 e. The van der Waals surface area contributed by atoms with E-state index in [1.165, 1.54) is 4.90 Å². The molecule has 0 aliphatic rings. The van der Waals surface area contributed by atoms with Gasteiger partial charge in [0.05, 0.1) is 12.5 Å². The summed E-state index contributed by atoms with van der Waals surface area (Å²) in [5.74, 6) is -1.69. The van der Waals surface area contributed by atoms with Crippen molar-refractivity contribution < 1.29 is 19.1 Å². The molecule has 6 nitrogen and oxygen atoms in total. The number of ether oxygens (including phenoxy) is 1. The number of hydrogen-bond donors (Lipinski definition) is 0. The number of aromatic nitrogens is 1. The van der Waals surface area contributed by atoms with Gasteiger partial charge in [-0.2, -0.15) is 0 Å². The molecular formula is C23H35BrN2O4. The quantitative estimate of drug-likeness (QED) is 0.226. The third-order valence-electron chi connectivity index (χ3n) is 4.96. The van der Waals surface area contributed by atoms with E-state index in [4.69, 9.17) is 4.74 Å². The number of amides is 1. The average Bonchev–Trinajstić information content (AvgIpc) is 2.70. The first-order valence-electron chi connectivity index (χ1n) is 10.9. The molecule has 0 N–H and O–H groups in total. The monoisotopic (exact) mass is 482 g/mol. The molecule has 168 valence electrons. The lowest BCUT2D eigenvalue weighted by atomic mass is 9.91. The van der Waals surface area contributed by atoms with Crippen LogP contribution >= 0.6 is 15.9 Å². The van der Waals surface area contributed by atoms with Gasteiger partial charge in [0, 0.05) is 19.2 Å². The zero-order valence-electron chi connectivity index (χ0n) is 18.8. The molecule has 0 saturated carbocycles. The summed E-state index contributed by atoms with van der Waals surface area (Å²) in [6, 6.07) is 2.88. The maximum atomic E-state index is 13.6. The van der Waals surface area contributed by atoms with Crippen molar-refractivity contribution in [3.8, 4) is 0 Å². The zero-order valence-corrected chi connectivity index (χ0v) is 20.4. The second-order valence-electron chi connectivity index (χ2n) is 7.81. The SMILES string of the molecule is CCCCC(=O)C(CCC)C(=O)N(Cc1ccc(Br)nc1)[C@H](C(=O)OCC)C(C)C. The summed E-state index contributed by atoms with van der Waals surface area (Å²) in [5, 5.41) is 0. The second-order valence-corrected chi connectivity index (χ2v) is 8.62. The van der Waals surface area contributed by atoms with Gasteiger partial charge in [-0.1, -0.05) is 46.6 Å². The third-order valence-corrected chi connectivity index (χ3v) is 5.43. The van der Waals surface area contributed by atoms with Crippen molar-refractivity contribution in [2.45, 2.75) is 79.3 Å². The largest absolute Gasteiger partial charge is 0.464 e. The van der Waals surface area contributed by atoms with Gasteiger partial charge in [-0.05, 0) is 53.2 Å². The summed E-state index contributed by atoms with van der Waals surface area (Å²) in [5.41, 5.74) is 0.790. The summed E-state index contributed by atoms with van der Waals surface area (Å²) in [6.07, 6.45) is 4.89. The van der Waals surface area contributed by atoms with Gasteiger partial charge in [0.1, 0.15) is 16.4 Å². The summed E-state index contributed by atoms with van der Waals surface area (Å²) < 4.78 is 5.97. The van der Waals surface area contributed by atoms with Crippen LogP contribution in [0, 0.1) is 11.8 Å². The summed E-state index contributed by atoms with van der Waals surface area (Å²) in [6.45, 7) is 9.92. The number of nitrogens with zero attached hydrogens (tertiary/aromatic N) is 2. The summed E-state index contributed by atoms with van der Waals surface area (Å²) in [4.78, 5) is 45.0. The Morgan fingerprint density at radius 3 is 2.33 bits per heavy atom. The van der Waals surface area contributed by atoms with Gasteiger partial charge in [0.2, 0.25) is 5.91 Å². The molecule has 0 radical (unpaired) electrons. The Bertz CT molecular complexity index is 691. The topological polar surface area (TPSA) is 76.6 Å².